The van der Waals surface area contributed by atoms with Crippen molar-refractivity contribution in [3.8, 4) is 0 Å². The predicted molar refractivity (Wildman–Crippen MR) is 64.8 cm³/mol. The molecule has 2 rings (SSSR count). The lowest BCUT2D eigenvalue weighted by atomic mass is 10.2. The maximum atomic E-state index is 5.38. The molecule has 2 saturated heterocycles. The largest absolute Gasteiger partial charge is 0.379 e. The van der Waals surface area contributed by atoms with Crippen LogP contribution in [0.5, 0.6) is 0 Å². The highest BCUT2D eigenvalue weighted by Crippen LogP contribution is 2.16. The minimum atomic E-state index is 0.675. The molecule has 92 valence electrons. The van der Waals surface area contributed by atoms with Crippen LogP contribution in [0, 0.1) is 0 Å². The Kier molecular flexibility index (Phi) is 4.01. The van der Waals surface area contributed by atoms with Crippen molar-refractivity contribution in [1.29, 1.82) is 0 Å². The number of guanidine groups is 1. The van der Waals surface area contributed by atoms with E-state index in [9.17, 15) is 0 Å². The van der Waals surface area contributed by atoms with E-state index in [2.05, 4.69) is 20.1 Å². The highest BCUT2D eigenvalue weighted by molar-refractivity contribution is 5.79. The van der Waals surface area contributed by atoms with E-state index in [0.29, 0.717) is 6.04 Å². The molecule has 0 spiro atoms. The first kappa shape index (κ1) is 11.7. The molecular weight excluding hydrogens is 204 g/mol. The summed E-state index contributed by atoms with van der Waals surface area (Å²) in [6.45, 7) is 6.13. The van der Waals surface area contributed by atoms with E-state index in [0.717, 1.165) is 45.4 Å². The van der Waals surface area contributed by atoms with Crippen LogP contribution in [0.15, 0.2) is 4.99 Å². The SMILES string of the molecule is CN=C(NC)N1CCC(N2CCOCC2)C1. The van der Waals surface area contributed by atoms with Crippen LogP contribution in [0.4, 0.5) is 0 Å². The van der Waals surface area contributed by atoms with Gasteiger partial charge in [0.2, 0.25) is 0 Å². The van der Waals surface area contributed by atoms with Gasteiger partial charge >= 0.3 is 0 Å². The number of aliphatic imine (C=N–C) groups is 1. The van der Waals surface area contributed by atoms with E-state index < -0.39 is 0 Å². The highest BCUT2D eigenvalue weighted by atomic mass is 16.5. The Morgan fingerprint density at radius 3 is 2.69 bits per heavy atom. The van der Waals surface area contributed by atoms with Crippen LogP contribution in [-0.4, -0.2) is 75.3 Å². The predicted octanol–water partition coefficient (Wildman–Crippen LogP) is -0.402. The zero-order valence-electron chi connectivity index (χ0n) is 10.3. The molecule has 16 heavy (non-hydrogen) atoms. The molecule has 1 unspecified atom stereocenters. The second kappa shape index (κ2) is 5.50. The van der Waals surface area contributed by atoms with E-state index in [1.807, 2.05) is 14.1 Å². The van der Waals surface area contributed by atoms with Crippen molar-refractivity contribution in [2.45, 2.75) is 12.5 Å². The Bertz CT molecular complexity index is 250. The monoisotopic (exact) mass is 226 g/mol. The first-order valence-electron chi connectivity index (χ1n) is 6.06. The van der Waals surface area contributed by atoms with Crippen molar-refractivity contribution < 1.29 is 4.74 Å². The molecule has 0 aliphatic carbocycles. The van der Waals surface area contributed by atoms with Crippen molar-refractivity contribution in [3.63, 3.8) is 0 Å². The molecule has 0 bridgehead atoms. The fourth-order valence-electron chi connectivity index (χ4n) is 2.59. The summed E-state index contributed by atoms with van der Waals surface area (Å²) in [7, 11) is 3.78. The zero-order valence-corrected chi connectivity index (χ0v) is 10.3. The Balaban J connectivity index is 1.87. The number of rotatable bonds is 1. The Morgan fingerprint density at radius 1 is 1.31 bits per heavy atom. The van der Waals surface area contributed by atoms with Crippen LogP contribution >= 0.6 is 0 Å². The average Bonchev–Trinajstić information content (AvgIpc) is 2.81. The fourth-order valence-corrected chi connectivity index (χ4v) is 2.59. The Hall–Kier alpha value is -0.810. The Morgan fingerprint density at radius 2 is 2.06 bits per heavy atom. The number of hydrogen-bond donors (Lipinski definition) is 1. The molecule has 0 aromatic carbocycles. The summed E-state index contributed by atoms with van der Waals surface area (Å²) >= 11 is 0. The lowest BCUT2D eigenvalue weighted by Gasteiger charge is -2.32. The molecule has 2 aliphatic rings. The maximum absolute atomic E-state index is 5.38. The van der Waals surface area contributed by atoms with Gasteiger partial charge in [0.1, 0.15) is 0 Å². The molecular formula is C11H22N4O. The number of ether oxygens (including phenoxy) is 1. The highest BCUT2D eigenvalue weighted by Gasteiger charge is 2.29. The topological polar surface area (TPSA) is 40.1 Å². The molecule has 0 aromatic rings. The summed E-state index contributed by atoms with van der Waals surface area (Å²) in [4.78, 5) is 9.14. The summed E-state index contributed by atoms with van der Waals surface area (Å²) in [5, 5.41) is 3.15. The summed E-state index contributed by atoms with van der Waals surface area (Å²) < 4.78 is 5.38. The molecule has 2 fully saturated rings. The summed E-state index contributed by atoms with van der Waals surface area (Å²) in [5.74, 6) is 1.01. The van der Waals surface area contributed by atoms with Gasteiger partial charge in [-0.05, 0) is 6.42 Å². The van der Waals surface area contributed by atoms with Gasteiger partial charge in [-0.15, -0.1) is 0 Å². The molecule has 1 atom stereocenters. The Labute approximate surface area is 97.5 Å². The van der Waals surface area contributed by atoms with E-state index in [1.54, 1.807) is 0 Å². The van der Waals surface area contributed by atoms with E-state index in [1.165, 1.54) is 6.42 Å². The van der Waals surface area contributed by atoms with Gasteiger partial charge in [-0.2, -0.15) is 0 Å². The molecule has 2 heterocycles. The van der Waals surface area contributed by atoms with Gasteiger partial charge in [0.15, 0.2) is 5.96 Å². The van der Waals surface area contributed by atoms with Gasteiger partial charge in [0, 0.05) is 46.3 Å². The van der Waals surface area contributed by atoms with Gasteiger partial charge in [0.05, 0.1) is 13.2 Å². The van der Waals surface area contributed by atoms with Crippen LogP contribution in [0.2, 0.25) is 0 Å². The number of likely N-dealkylation sites (tertiary alicyclic amines) is 1. The van der Waals surface area contributed by atoms with Crippen LogP contribution in [0.1, 0.15) is 6.42 Å². The van der Waals surface area contributed by atoms with Crippen molar-refractivity contribution in [3.05, 3.63) is 0 Å². The second-order valence-corrected chi connectivity index (χ2v) is 4.33. The fraction of sp³-hybridized carbons (Fsp3) is 0.909. The second-order valence-electron chi connectivity index (χ2n) is 4.33. The van der Waals surface area contributed by atoms with Gasteiger partial charge in [-0.1, -0.05) is 0 Å². The third-order valence-corrected chi connectivity index (χ3v) is 3.46. The minimum Gasteiger partial charge on any atom is -0.379 e. The first-order valence-corrected chi connectivity index (χ1v) is 6.06. The quantitative estimate of drug-likeness (QED) is 0.488. The minimum absolute atomic E-state index is 0.675. The summed E-state index contributed by atoms with van der Waals surface area (Å²) in [5.41, 5.74) is 0. The molecule has 0 aromatic heterocycles. The maximum Gasteiger partial charge on any atom is 0.193 e. The van der Waals surface area contributed by atoms with Crippen molar-refractivity contribution in [2.75, 3.05) is 53.5 Å². The van der Waals surface area contributed by atoms with Gasteiger partial charge in [-0.25, -0.2) is 0 Å². The van der Waals surface area contributed by atoms with E-state index in [4.69, 9.17) is 4.74 Å². The van der Waals surface area contributed by atoms with E-state index >= 15 is 0 Å². The lowest BCUT2D eigenvalue weighted by Crippen LogP contribution is -2.46. The van der Waals surface area contributed by atoms with Crippen LogP contribution in [0.25, 0.3) is 0 Å². The van der Waals surface area contributed by atoms with Gasteiger partial charge < -0.3 is 15.0 Å². The van der Waals surface area contributed by atoms with Crippen molar-refractivity contribution in [2.24, 2.45) is 4.99 Å². The summed E-state index contributed by atoms with van der Waals surface area (Å²) in [6, 6.07) is 0.675. The number of morpholine rings is 1. The van der Waals surface area contributed by atoms with Gasteiger partial charge in [0.25, 0.3) is 0 Å². The standard InChI is InChI=1S/C11H22N4O/c1-12-11(13-2)15-4-3-10(9-15)14-5-7-16-8-6-14/h10H,3-9H2,1-2H3,(H,12,13). The number of nitrogens with one attached hydrogen (secondary N) is 1. The smallest absolute Gasteiger partial charge is 0.193 e. The van der Waals surface area contributed by atoms with Gasteiger partial charge in [-0.3, -0.25) is 9.89 Å². The molecule has 0 amide bonds. The molecule has 0 radical (unpaired) electrons. The van der Waals surface area contributed by atoms with Crippen molar-refractivity contribution >= 4 is 5.96 Å². The number of hydrogen-bond acceptors (Lipinski definition) is 3. The third-order valence-electron chi connectivity index (χ3n) is 3.46. The van der Waals surface area contributed by atoms with Crippen LogP contribution < -0.4 is 5.32 Å². The van der Waals surface area contributed by atoms with Crippen LogP contribution in [-0.2, 0) is 4.74 Å². The normalized spacial score (nSPS) is 28.5. The molecule has 0 saturated carbocycles. The summed E-state index contributed by atoms with van der Waals surface area (Å²) in [6.07, 6.45) is 1.24. The molecule has 5 nitrogen and oxygen atoms in total. The van der Waals surface area contributed by atoms with Crippen LogP contribution in [0.3, 0.4) is 0 Å². The third kappa shape index (κ3) is 2.47. The average molecular weight is 226 g/mol. The van der Waals surface area contributed by atoms with E-state index in [-0.39, 0.29) is 0 Å². The molecule has 1 N–H and O–H groups in total. The van der Waals surface area contributed by atoms with Crippen molar-refractivity contribution in [1.82, 2.24) is 15.1 Å². The molecule has 2 aliphatic heterocycles. The zero-order chi connectivity index (χ0) is 11.4. The first-order chi connectivity index (χ1) is 7.85. The molecule has 5 heteroatoms. The lowest BCUT2D eigenvalue weighted by molar-refractivity contribution is 0.0195. The number of nitrogens with zero attached hydrogens (tertiary/aromatic N) is 3.